The smallest absolute Gasteiger partial charge is 0.319 e. The van der Waals surface area contributed by atoms with Crippen molar-refractivity contribution in [1.82, 2.24) is 5.32 Å². The Bertz CT molecular complexity index is 659. The molecule has 2 aromatic rings. The largest absolute Gasteiger partial charge is 0.497 e. The normalized spacial score (nSPS) is 10.0. The van der Waals surface area contributed by atoms with Crippen LogP contribution in [0.2, 0.25) is 5.02 Å². The third-order valence-electron chi connectivity index (χ3n) is 3.28. The summed E-state index contributed by atoms with van der Waals surface area (Å²) < 4.78 is 10.5. The van der Waals surface area contributed by atoms with Crippen LogP contribution in [0.1, 0.15) is 5.56 Å². The molecule has 0 saturated heterocycles. The Labute approximate surface area is 140 Å². The second-order valence-electron chi connectivity index (χ2n) is 4.82. The maximum absolute atomic E-state index is 11.8. The van der Waals surface area contributed by atoms with Crippen molar-refractivity contribution in [3.63, 3.8) is 0 Å². The molecular formula is C17H19ClN2O3. The van der Waals surface area contributed by atoms with Crippen molar-refractivity contribution in [3.05, 3.63) is 53.1 Å². The van der Waals surface area contributed by atoms with Crippen LogP contribution in [0, 0.1) is 0 Å². The van der Waals surface area contributed by atoms with Gasteiger partial charge in [0, 0.05) is 23.3 Å². The summed E-state index contributed by atoms with van der Waals surface area (Å²) in [7, 11) is 3.22. The van der Waals surface area contributed by atoms with Crippen molar-refractivity contribution in [2.45, 2.75) is 6.42 Å². The zero-order valence-electron chi connectivity index (χ0n) is 13.1. The first-order chi connectivity index (χ1) is 11.1. The van der Waals surface area contributed by atoms with Crippen molar-refractivity contribution in [1.29, 1.82) is 0 Å². The SMILES string of the molecule is COc1ccc(CCNC(=O)Nc2ccc(Cl)cc2)c(OC)c1. The fourth-order valence-electron chi connectivity index (χ4n) is 2.08. The number of urea groups is 1. The van der Waals surface area contributed by atoms with Crippen LogP contribution in [0.3, 0.4) is 0 Å². The molecule has 0 radical (unpaired) electrons. The molecule has 2 rings (SSSR count). The summed E-state index contributed by atoms with van der Waals surface area (Å²) in [6, 6.07) is 12.3. The van der Waals surface area contributed by atoms with Crippen molar-refractivity contribution in [2.75, 3.05) is 26.1 Å². The van der Waals surface area contributed by atoms with E-state index >= 15 is 0 Å². The molecule has 122 valence electrons. The van der Waals surface area contributed by atoms with E-state index in [1.165, 1.54) is 0 Å². The van der Waals surface area contributed by atoms with E-state index in [4.69, 9.17) is 21.1 Å². The zero-order valence-corrected chi connectivity index (χ0v) is 13.8. The minimum atomic E-state index is -0.264. The van der Waals surface area contributed by atoms with Crippen LogP contribution in [0.15, 0.2) is 42.5 Å². The van der Waals surface area contributed by atoms with Gasteiger partial charge >= 0.3 is 6.03 Å². The van der Waals surface area contributed by atoms with E-state index in [0.29, 0.717) is 23.7 Å². The molecule has 6 heteroatoms. The lowest BCUT2D eigenvalue weighted by Gasteiger charge is -2.11. The molecule has 0 fully saturated rings. The predicted molar refractivity (Wildman–Crippen MR) is 91.7 cm³/mol. The quantitative estimate of drug-likeness (QED) is 0.846. The maximum atomic E-state index is 11.8. The number of nitrogens with one attached hydrogen (secondary N) is 2. The number of benzene rings is 2. The van der Waals surface area contributed by atoms with Gasteiger partial charge in [-0.3, -0.25) is 0 Å². The van der Waals surface area contributed by atoms with Crippen molar-refractivity contribution in [2.24, 2.45) is 0 Å². The molecular weight excluding hydrogens is 316 g/mol. The molecule has 0 unspecified atom stereocenters. The standard InChI is InChI=1S/C17H19ClN2O3/c1-22-15-8-3-12(16(11-15)23-2)9-10-19-17(21)20-14-6-4-13(18)5-7-14/h3-8,11H,9-10H2,1-2H3,(H2,19,20,21). The molecule has 0 aliphatic heterocycles. The van der Waals surface area contributed by atoms with Gasteiger partial charge in [0.15, 0.2) is 0 Å². The predicted octanol–water partition coefficient (Wildman–Crippen LogP) is 3.72. The number of halogens is 1. The van der Waals surface area contributed by atoms with Crippen LogP contribution in [-0.2, 0) is 6.42 Å². The molecule has 2 amide bonds. The number of anilines is 1. The average Bonchev–Trinajstić information content (AvgIpc) is 2.57. The first-order valence-electron chi connectivity index (χ1n) is 7.13. The third kappa shape index (κ3) is 5.07. The molecule has 0 atom stereocenters. The summed E-state index contributed by atoms with van der Waals surface area (Å²) in [5.41, 5.74) is 1.69. The van der Waals surface area contributed by atoms with E-state index < -0.39 is 0 Å². The molecule has 0 spiro atoms. The molecule has 0 aromatic heterocycles. The van der Waals surface area contributed by atoms with Gasteiger partial charge in [-0.2, -0.15) is 0 Å². The number of rotatable bonds is 6. The van der Waals surface area contributed by atoms with Gasteiger partial charge in [-0.05, 0) is 42.3 Å². The van der Waals surface area contributed by atoms with E-state index in [1.807, 2.05) is 18.2 Å². The van der Waals surface area contributed by atoms with Crippen LogP contribution in [0.25, 0.3) is 0 Å². The first-order valence-corrected chi connectivity index (χ1v) is 7.51. The lowest BCUT2D eigenvalue weighted by atomic mass is 10.1. The summed E-state index contributed by atoms with van der Waals surface area (Å²) in [6.07, 6.45) is 0.654. The van der Waals surface area contributed by atoms with E-state index in [0.717, 1.165) is 17.1 Å². The molecule has 0 bridgehead atoms. The van der Waals surface area contributed by atoms with E-state index in [-0.39, 0.29) is 6.03 Å². The molecule has 0 saturated carbocycles. The first kappa shape index (κ1) is 17.0. The van der Waals surface area contributed by atoms with Crippen LogP contribution < -0.4 is 20.1 Å². The fraction of sp³-hybridized carbons (Fsp3) is 0.235. The van der Waals surface area contributed by atoms with Crippen molar-refractivity contribution in [3.8, 4) is 11.5 Å². The van der Waals surface area contributed by atoms with Gasteiger partial charge in [0.25, 0.3) is 0 Å². The van der Waals surface area contributed by atoms with Gasteiger partial charge in [0.05, 0.1) is 14.2 Å². The topological polar surface area (TPSA) is 59.6 Å². The fourth-order valence-corrected chi connectivity index (χ4v) is 2.20. The van der Waals surface area contributed by atoms with Crippen LogP contribution in [-0.4, -0.2) is 26.8 Å². The molecule has 0 aliphatic carbocycles. The van der Waals surface area contributed by atoms with Crippen LogP contribution >= 0.6 is 11.6 Å². The molecule has 5 nitrogen and oxygen atoms in total. The van der Waals surface area contributed by atoms with E-state index in [9.17, 15) is 4.79 Å². The number of methoxy groups -OCH3 is 2. The number of hydrogen-bond acceptors (Lipinski definition) is 3. The van der Waals surface area contributed by atoms with Gasteiger partial charge in [-0.15, -0.1) is 0 Å². The van der Waals surface area contributed by atoms with Gasteiger partial charge in [0.2, 0.25) is 0 Å². The lowest BCUT2D eigenvalue weighted by Crippen LogP contribution is -2.30. The van der Waals surface area contributed by atoms with Crippen LogP contribution in [0.5, 0.6) is 11.5 Å². The van der Waals surface area contributed by atoms with Crippen molar-refractivity contribution < 1.29 is 14.3 Å². The summed E-state index contributed by atoms with van der Waals surface area (Å²) in [5.74, 6) is 1.48. The number of amides is 2. The third-order valence-corrected chi connectivity index (χ3v) is 3.53. The monoisotopic (exact) mass is 334 g/mol. The maximum Gasteiger partial charge on any atom is 0.319 e. The van der Waals surface area contributed by atoms with Gasteiger partial charge in [-0.1, -0.05) is 17.7 Å². The average molecular weight is 335 g/mol. The minimum absolute atomic E-state index is 0.264. The van der Waals surface area contributed by atoms with Gasteiger partial charge < -0.3 is 20.1 Å². The zero-order chi connectivity index (χ0) is 16.7. The molecule has 0 aliphatic rings. The highest BCUT2D eigenvalue weighted by molar-refractivity contribution is 6.30. The second-order valence-corrected chi connectivity index (χ2v) is 5.25. The second kappa shape index (κ2) is 8.29. The summed E-state index contributed by atoms with van der Waals surface area (Å²) in [4.78, 5) is 11.8. The Balaban J connectivity index is 1.84. The minimum Gasteiger partial charge on any atom is -0.497 e. The summed E-state index contributed by atoms with van der Waals surface area (Å²) >= 11 is 5.80. The highest BCUT2D eigenvalue weighted by Gasteiger charge is 2.06. The van der Waals surface area contributed by atoms with E-state index in [2.05, 4.69) is 10.6 Å². The van der Waals surface area contributed by atoms with Gasteiger partial charge in [-0.25, -0.2) is 4.79 Å². The number of ether oxygens (including phenoxy) is 2. The Kier molecular flexibility index (Phi) is 6.11. The van der Waals surface area contributed by atoms with Crippen molar-refractivity contribution >= 4 is 23.3 Å². The molecule has 23 heavy (non-hydrogen) atoms. The summed E-state index contributed by atoms with van der Waals surface area (Å²) in [6.45, 7) is 0.488. The Morgan fingerprint density at radius 3 is 2.48 bits per heavy atom. The van der Waals surface area contributed by atoms with Crippen LogP contribution in [0.4, 0.5) is 10.5 Å². The number of carbonyl (C=O) groups is 1. The van der Waals surface area contributed by atoms with E-state index in [1.54, 1.807) is 38.5 Å². The lowest BCUT2D eigenvalue weighted by molar-refractivity contribution is 0.252. The highest BCUT2D eigenvalue weighted by Crippen LogP contribution is 2.24. The number of carbonyl (C=O) groups excluding carboxylic acids is 1. The molecule has 0 heterocycles. The highest BCUT2D eigenvalue weighted by atomic mass is 35.5. The Morgan fingerprint density at radius 1 is 1.09 bits per heavy atom. The Hall–Kier alpha value is -2.40. The molecule has 2 N–H and O–H groups in total. The number of hydrogen-bond donors (Lipinski definition) is 2. The van der Waals surface area contributed by atoms with Gasteiger partial charge in [0.1, 0.15) is 11.5 Å². The Morgan fingerprint density at radius 2 is 1.83 bits per heavy atom. The molecule has 2 aromatic carbocycles. The summed E-state index contributed by atoms with van der Waals surface area (Å²) in [5, 5.41) is 6.17.